The van der Waals surface area contributed by atoms with Gasteiger partial charge in [0.1, 0.15) is 5.82 Å². The Labute approximate surface area is 168 Å². The molecule has 1 aliphatic rings. The van der Waals surface area contributed by atoms with E-state index < -0.39 is 29.6 Å². The number of hydrogen-bond donors (Lipinski definition) is 1. The third-order valence-electron chi connectivity index (χ3n) is 4.46. The van der Waals surface area contributed by atoms with Crippen LogP contribution in [0.2, 0.25) is 0 Å². The van der Waals surface area contributed by atoms with Gasteiger partial charge < -0.3 is 15.4 Å². The summed E-state index contributed by atoms with van der Waals surface area (Å²) < 4.78 is 57.1. The molecular formula is C19H16F4N4O3. The maximum atomic E-state index is 13.5. The van der Waals surface area contributed by atoms with Crippen molar-refractivity contribution in [2.75, 3.05) is 18.0 Å². The van der Waals surface area contributed by atoms with Crippen LogP contribution < -0.4 is 10.6 Å². The molecule has 0 bridgehead atoms. The second-order valence-electron chi connectivity index (χ2n) is 6.50. The van der Waals surface area contributed by atoms with Crippen molar-refractivity contribution in [3.05, 3.63) is 58.5 Å². The lowest BCUT2D eigenvalue weighted by atomic mass is 9.98. The molecule has 0 unspecified atom stereocenters. The second kappa shape index (κ2) is 8.47. The zero-order valence-corrected chi connectivity index (χ0v) is 15.4. The quantitative estimate of drug-likeness (QED) is 0.460. The van der Waals surface area contributed by atoms with Gasteiger partial charge in [0.15, 0.2) is 11.5 Å². The number of rotatable bonds is 3. The van der Waals surface area contributed by atoms with Gasteiger partial charge in [-0.05, 0) is 48.7 Å². The van der Waals surface area contributed by atoms with Crippen LogP contribution in [0.1, 0.15) is 34.5 Å². The fourth-order valence-electron chi connectivity index (χ4n) is 3.04. The summed E-state index contributed by atoms with van der Waals surface area (Å²) in [6.45, 7) is 0.893. The van der Waals surface area contributed by atoms with Crippen molar-refractivity contribution in [2.24, 2.45) is 5.73 Å². The van der Waals surface area contributed by atoms with Gasteiger partial charge in [-0.3, -0.25) is 0 Å². The highest BCUT2D eigenvalue weighted by Gasteiger charge is 2.33. The maximum absolute atomic E-state index is 13.5. The Hall–Kier alpha value is -3.50. The number of nitrogens with zero attached hydrogens (tertiary/aromatic N) is 3. The summed E-state index contributed by atoms with van der Waals surface area (Å²) in [5.74, 6) is -1.31. The van der Waals surface area contributed by atoms with Gasteiger partial charge in [0.2, 0.25) is 0 Å². The molecule has 1 saturated heterocycles. The van der Waals surface area contributed by atoms with E-state index in [1.54, 1.807) is 0 Å². The van der Waals surface area contributed by atoms with Gasteiger partial charge in [-0.25, -0.2) is 14.0 Å². The Balaban J connectivity index is 1.69. The molecule has 30 heavy (non-hydrogen) atoms. The lowest BCUT2D eigenvalue weighted by molar-refractivity contribution is -0.137. The number of nitrogens with two attached hydrogens (primary N) is 1. The van der Waals surface area contributed by atoms with Gasteiger partial charge in [0, 0.05) is 13.1 Å². The topological polar surface area (TPSA) is 98.4 Å². The Morgan fingerprint density at radius 3 is 2.37 bits per heavy atom. The van der Waals surface area contributed by atoms with Crippen LogP contribution in [0.5, 0.6) is 0 Å². The molecule has 1 fully saturated rings. The number of aromatic nitrogens is 2. The molecular weight excluding hydrogens is 408 g/mol. The second-order valence-corrected chi connectivity index (χ2v) is 6.50. The lowest BCUT2D eigenvalue weighted by Crippen LogP contribution is -2.31. The molecule has 1 aromatic carbocycles. The zero-order chi connectivity index (χ0) is 21.9. The van der Waals surface area contributed by atoms with Crippen LogP contribution in [0.3, 0.4) is 0 Å². The first-order chi connectivity index (χ1) is 14.1. The van der Waals surface area contributed by atoms with Crippen LogP contribution in [0.4, 0.5) is 28.2 Å². The van der Waals surface area contributed by atoms with Crippen LogP contribution in [-0.2, 0) is 10.9 Å². The van der Waals surface area contributed by atoms with Crippen LogP contribution in [0.15, 0.2) is 35.9 Å². The third kappa shape index (κ3) is 5.10. The van der Waals surface area contributed by atoms with Gasteiger partial charge in [0.05, 0.1) is 5.56 Å². The van der Waals surface area contributed by atoms with E-state index in [0.717, 1.165) is 23.8 Å². The van der Waals surface area contributed by atoms with Crippen LogP contribution >= 0.6 is 0 Å². The fourth-order valence-corrected chi connectivity index (χ4v) is 3.04. The smallest absolute Gasteiger partial charge is 0.371 e. The Morgan fingerprint density at radius 2 is 1.80 bits per heavy atom. The average Bonchev–Trinajstić information content (AvgIpc) is 2.67. The first kappa shape index (κ1) is 21.2. The summed E-state index contributed by atoms with van der Waals surface area (Å²) in [5.41, 5.74) is 4.22. The van der Waals surface area contributed by atoms with Gasteiger partial charge in [-0.2, -0.15) is 13.2 Å². The fraction of sp³-hybridized carbons (Fsp3) is 0.263. The molecule has 1 aromatic heterocycles. The van der Waals surface area contributed by atoms with Crippen molar-refractivity contribution >= 4 is 24.0 Å². The highest BCUT2D eigenvalue weighted by molar-refractivity contribution is 5.94. The van der Waals surface area contributed by atoms with Gasteiger partial charge >= 0.3 is 18.2 Å². The first-order valence-electron chi connectivity index (χ1n) is 8.80. The maximum Gasteiger partial charge on any atom is 0.416 e. The van der Waals surface area contributed by atoms with E-state index in [2.05, 4.69) is 14.9 Å². The Bertz CT molecular complexity index is 980. The van der Waals surface area contributed by atoms with Crippen LogP contribution in [0, 0.1) is 5.82 Å². The van der Waals surface area contributed by atoms with Crippen molar-refractivity contribution in [2.45, 2.75) is 19.0 Å². The van der Waals surface area contributed by atoms with E-state index in [-0.39, 0.29) is 11.3 Å². The van der Waals surface area contributed by atoms with Gasteiger partial charge in [0.25, 0.3) is 0 Å². The summed E-state index contributed by atoms with van der Waals surface area (Å²) in [5, 5.41) is 7.59. The number of ether oxygens (including phenoxy) is 1. The summed E-state index contributed by atoms with van der Waals surface area (Å²) in [4.78, 5) is 24.0. The van der Waals surface area contributed by atoms with E-state index >= 15 is 0 Å². The molecule has 7 nitrogen and oxygen atoms in total. The van der Waals surface area contributed by atoms with E-state index in [1.807, 2.05) is 4.90 Å². The molecule has 0 saturated carbocycles. The summed E-state index contributed by atoms with van der Waals surface area (Å²) >= 11 is 0. The van der Waals surface area contributed by atoms with Gasteiger partial charge in [-0.1, -0.05) is 11.6 Å². The average molecular weight is 424 g/mol. The number of primary amides is 1. The predicted octanol–water partition coefficient (Wildman–Crippen LogP) is 3.55. The van der Waals surface area contributed by atoms with Crippen molar-refractivity contribution in [1.29, 1.82) is 0 Å². The first-order valence-corrected chi connectivity index (χ1v) is 8.80. The molecule has 0 radical (unpaired) electrons. The zero-order valence-electron chi connectivity index (χ0n) is 15.4. The number of carbonyl (C=O) groups is 2. The summed E-state index contributed by atoms with van der Waals surface area (Å²) in [6.07, 6.45) is -3.57. The number of halogens is 4. The number of alkyl halides is 3. The standard InChI is InChI=1S/C19H16F4N4O3/c20-13-1-2-14(19(21,22)23)12(10-13)9-11-5-7-27(8-6-11)16-4-3-15(25-26-16)17(28)30-18(24)29/h1-4,9-10H,5-8H2,(H2,24,29). The molecule has 0 spiro atoms. The van der Waals surface area contributed by atoms with E-state index in [0.29, 0.717) is 31.7 Å². The van der Waals surface area contributed by atoms with Gasteiger partial charge in [-0.15, -0.1) is 10.2 Å². The monoisotopic (exact) mass is 424 g/mol. The SMILES string of the molecule is NC(=O)OC(=O)c1ccc(N2CCC(=Cc3cc(F)ccc3C(F)(F)F)CC2)nn1. The number of esters is 1. The molecule has 3 rings (SSSR count). The molecule has 1 amide bonds. The number of anilines is 1. The predicted molar refractivity (Wildman–Crippen MR) is 97.9 cm³/mol. The number of benzene rings is 1. The molecule has 2 aromatic rings. The summed E-state index contributed by atoms with van der Waals surface area (Å²) in [7, 11) is 0. The van der Waals surface area contributed by atoms with E-state index in [1.165, 1.54) is 18.2 Å². The van der Waals surface area contributed by atoms with Crippen molar-refractivity contribution < 1.29 is 31.9 Å². The van der Waals surface area contributed by atoms with Crippen molar-refractivity contribution in [1.82, 2.24) is 10.2 Å². The van der Waals surface area contributed by atoms with Crippen LogP contribution in [-0.4, -0.2) is 35.3 Å². The molecule has 0 atom stereocenters. The molecule has 0 aliphatic carbocycles. The minimum absolute atomic E-state index is 0.194. The van der Waals surface area contributed by atoms with E-state index in [9.17, 15) is 27.2 Å². The Kier molecular flexibility index (Phi) is 5.99. The number of hydrogen-bond acceptors (Lipinski definition) is 6. The third-order valence-corrected chi connectivity index (χ3v) is 4.46. The molecule has 11 heteroatoms. The number of piperidine rings is 1. The minimum Gasteiger partial charge on any atom is -0.371 e. The molecule has 158 valence electrons. The molecule has 2 heterocycles. The molecule has 1 aliphatic heterocycles. The highest BCUT2D eigenvalue weighted by atomic mass is 19.4. The lowest BCUT2D eigenvalue weighted by Gasteiger charge is -2.29. The largest absolute Gasteiger partial charge is 0.416 e. The minimum atomic E-state index is -4.58. The highest BCUT2D eigenvalue weighted by Crippen LogP contribution is 2.34. The number of carbonyl (C=O) groups excluding carboxylic acids is 2. The van der Waals surface area contributed by atoms with Crippen LogP contribution in [0.25, 0.3) is 6.08 Å². The van der Waals surface area contributed by atoms with Crippen molar-refractivity contribution in [3.8, 4) is 0 Å². The molecule has 2 N–H and O–H groups in total. The van der Waals surface area contributed by atoms with E-state index in [4.69, 9.17) is 5.73 Å². The summed E-state index contributed by atoms with van der Waals surface area (Å²) in [6, 6.07) is 5.22. The number of amides is 1. The normalized spacial score (nSPS) is 14.4. The van der Waals surface area contributed by atoms with Crippen molar-refractivity contribution in [3.63, 3.8) is 0 Å². The Morgan fingerprint density at radius 1 is 1.10 bits per heavy atom.